The Morgan fingerprint density at radius 2 is 1.90 bits per heavy atom. The number of hydrogen-bond donors (Lipinski definition) is 0. The van der Waals surface area contributed by atoms with Gasteiger partial charge in [-0.2, -0.15) is 0 Å². The number of amides is 1. The molecule has 41 heavy (non-hydrogen) atoms. The van der Waals surface area contributed by atoms with Crippen LogP contribution in [0.15, 0.2) is 73.2 Å². The first kappa shape index (κ1) is 27.8. The number of aromatic nitrogens is 3. The van der Waals surface area contributed by atoms with Crippen LogP contribution in [-0.2, 0) is 20.7 Å². The van der Waals surface area contributed by atoms with E-state index < -0.39 is 11.6 Å². The van der Waals surface area contributed by atoms with Crippen LogP contribution in [0.3, 0.4) is 0 Å². The molecule has 1 amide bonds. The molecule has 4 aromatic rings. The number of ether oxygens (including phenoxy) is 2. The van der Waals surface area contributed by atoms with Crippen molar-refractivity contribution in [3.05, 3.63) is 95.6 Å². The molecule has 0 spiro atoms. The van der Waals surface area contributed by atoms with Crippen molar-refractivity contribution in [2.75, 3.05) is 18.1 Å². The smallest absolute Gasteiger partial charge is 0.416 e. The first-order chi connectivity index (χ1) is 19.7. The molecular formula is C33H34N4O4. The highest BCUT2D eigenvalue weighted by atomic mass is 16.6. The van der Waals surface area contributed by atoms with Crippen LogP contribution in [0.4, 0.5) is 10.6 Å². The quantitative estimate of drug-likeness (QED) is 0.195. The molecule has 1 aliphatic rings. The lowest BCUT2D eigenvalue weighted by atomic mass is 10.0. The number of rotatable bonds is 6. The second kappa shape index (κ2) is 11.8. The summed E-state index contributed by atoms with van der Waals surface area (Å²) in [7, 11) is 0. The molecule has 8 heteroatoms. The molecular weight excluding hydrogens is 516 g/mol. The highest BCUT2D eigenvalue weighted by molar-refractivity contribution is 5.97. The fourth-order valence-electron chi connectivity index (χ4n) is 4.87. The summed E-state index contributed by atoms with van der Waals surface area (Å²) in [5, 5.41) is 1.01. The molecule has 0 saturated carbocycles. The third kappa shape index (κ3) is 6.38. The van der Waals surface area contributed by atoms with E-state index in [9.17, 15) is 9.59 Å². The van der Waals surface area contributed by atoms with Crippen molar-refractivity contribution in [2.45, 2.75) is 46.1 Å². The van der Waals surface area contributed by atoms with Crippen LogP contribution in [0.5, 0.6) is 0 Å². The van der Waals surface area contributed by atoms with E-state index in [0.717, 1.165) is 46.1 Å². The fourth-order valence-corrected chi connectivity index (χ4v) is 4.87. The number of fused-ring (bicyclic) bond motifs is 2. The molecule has 0 bridgehead atoms. The molecule has 1 aromatic carbocycles. The minimum atomic E-state index is -0.580. The molecule has 0 saturated heterocycles. The van der Waals surface area contributed by atoms with Gasteiger partial charge in [0.25, 0.3) is 0 Å². The maximum absolute atomic E-state index is 12.9. The number of benzene rings is 1. The molecule has 5 rings (SSSR count). The largest absolute Gasteiger partial charge is 0.463 e. The van der Waals surface area contributed by atoms with Crippen molar-refractivity contribution >= 4 is 46.6 Å². The summed E-state index contributed by atoms with van der Waals surface area (Å²) in [6, 6.07) is 15.8. The molecule has 0 atom stereocenters. The van der Waals surface area contributed by atoms with Crippen LogP contribution < -0.4 is 4.90 Å². The van der Waals surface area contributed by atoms with Gasteiger partial charge in [-0.3, -0.25) is 9.88 Å². The number of esters is 1. The highest BCUT2D eigenvalue weighted by Crippen LogP contribution is 2.30. The number of nitrogens with zero attached hydrogens (tertiary/aromatic N) is 4. The van der Waals surface area contributed by atoms with Gasteiger partial charge >= 0.3 is 12.1 Å². The Morgan fingerprint density at radius 1 is 1.05 bits per heavy atom. The van der Waals surface area contributed by atoms with Crippen molar-refractivity contribution in [3.8, 4) is 0 Å². The summed E-state index contributed by atoms with van der Waals surface area (Å²) >= 11 is 0. The van der Waals surface area contributed by atoms with Crippen molar-refractivity contribution < 1.29 is 19.1 Å². The molecule has 1 aliphatic heterocycles. The van der Waals surface area contributed by atoms with Gasteiger partial charge in [0.15, 0.2) is 0 Å². The van der Waals surface area contributed by atoms with Crippen LogP contribution in [0, 0.1) is 0 Å². The van der Waals surface area contributed by atoms with E-state index in [1.54, 1.807) is 24.2 Å². The van der Waals surface area contributed by atoms with Crippen molar-refractivity contribution in [2.24, 2.45) is 0 Å². The fraction of sp³-hybridized carbons (Fsp3) is 0.273. The molecule has 4 heterocycles. The average molecular weight is 551 g/mol. The zero-order valence-electron chi connectivity index (χ0n) is 23.8. The lowest BCUT2D eigenvalue weighted by molar-refractivity contribution is -0.137. The Bertz CT molecular complexity index is 1630. The predicted octanol–water partition coefficient (Wildman–Crippen LogP) is 6.74. The van der Waals surface area contributed by atoms with Gasteiger partial charge in [-0.05, 0) is 88.1 Å². The Hall–Kier alpha value is -4.72. The molecule has 0 unspecified atom stereocenters. The topological polar surface area (TPSA) is 86.5 Å². The second-order valence-corrected chi connectivity index (χ2v) is 10.8. The Morgan fingerprint density at radius 3 is 2.66 bits per heavy atom. The van der Waals surface area contributed by atoms with Crippen LogP contribution in [0.25, 0.3) is 28.8 Å². The summed E-state index contributed by atoms with van der Waals surface area (Å²) < 4.78 is 12.8. The van der Waals surface area contributed by atoms with Crippen molar-refractivity contribution in [3.63, 3.8) is 0 Å². The van der Waals surface area contributed by atoms with E-state index in [0.29, 0.717) is 24.7 Å². The number of anilines is 1. The maximum atomic E-state index is 12.9. The standard InChI is InChI=1S/C33H34N4O4/c1-5-40-30(38)21-29(25-10-7-18-34-22-25)36-20-17-27-23(9-6-12-28(27)36)13-15-26-16-14-24-11-8-19-37(31(24)35-26)32(39)41-33(2,3)4/h6-7,9-10,12-18,20-22H,5,8,11,19H2,1-4H3/b15-13+,29-21-. The summed E-state index contributed by atoms with van der Waals surface area (Å²) in [6.45, 7) is 8.25. The molecule has 0 radical (unpaired) electrons. The number of carbonyl (C=O) groups excluding carboxylic acids is 2. The summed E-state index contributed by atoms with van der Waals surface area (Å²) in [4.78, 5) is 36.0. The van der Waals surface area contributed by atoms with E-state index in [-0.39, 0.29) is 6.09 Å². The summed E-state index contributed by atoms with van der Waals surface area (Å²) in [5.74, 6) is 0.241. The molecule has 0 N–H and O–H groups in total. The van der Waals surface area contributed by atoms with Gasteiger partial charge < -0.3 is 14.0 Å². The predicted molar refractivity (Wildman–Crippen MR) is 161 cm³/mol. The molecule has 0 aliphatic carbocycles. The Kier molecular flexibility index (Phi) is 8.01. The maximum Gasteiger partial charge on any atom is 0.416 e. The number of hydrogen-bond acceptors (Lipinski definition) is 6. The zero-order valence-corrected chi connectivity index (χ0v) is 23.8. The van der Waals surface area contributed by atoms with E-state index in [4.69, 9.17) is 14.5 Å². The van der Waals surface area contributed by atoms with Crippen molar-refractivity contribution in [1.29, 1.82) is 0 Å². The minimum absolute atomic E-state index is 0.295. The van der Waals surface area contributed by atoms with Crippen molar-refractivity contribution in [1.82, 2.24) is 14.5 Å². The Labute approximate surface area is 239 Å². The van der Waals surface area contributed by atoms with Gasteiger partial charge in [-0.25, -0.2) is 14.6 Å². The van der Waals surface area contributed by atoms with E-state index in [2.05, 4.69) is 4.98 Å². The van der Waals surface area contributed by atoms with Crippen LogP contribution in [0.1, 0.15) is 56.5 Å². The number of carbonyl (C=O) groups is 2. The van der Waals surface area contributed by atoms with Gasteiger partial charge in [-0.15, -0.1) is 0 Å². The van der Waals surface area contributed by atoms with Gasteiger partial charge in [0.2, 0.25) is 0 Å². The molecule has 210 valence electrons. The normalized spacial score (nSPS) is 13.9. The molecule has 0 fully saturated rings. The van der Waals surface area contributed by atoms with Gasteiger partial charge in [0.1, 0.15) is 11.4 Å². The average Bonchev–Trinajstić information content (AvgIpc) is 3.38. The lowest BCUT2D eigenvalue weighted by Crippen LogP contribution is -2.40. The first-order valence-electron chi connectivity index (χ1n) is 13.8. The zero-order chi connectivity index (χ0) is 29.0. The van der Waals surface area contributed by atoms with Crippen LogP contribution >= 0.6 is 0 Å². The van der Waals surface area contributed by atoms with Gasteiger partial charge in [-0.1, -0.05) is 24.3 Å². The van der Waals surface area contributed by atoms with E-state index in [1.165, 1.54) is 6.08 Å². The minimum Gasteiger partial charge on any atom is -0.463 e. The van der Waals surface area contributed by atoms with E-state index in [1.807, 2.05) is 92.2 Å². The highest BCUT2D eigenvalue weighted by Gasteiger charge is 2.28. The third-order valence-electron chi connectivity index (χ3n) is 6.63. The van der Waals surface area contributed by atoms with E-state index >= 15 is 0 Å². The van der Waals surface area contributed by atoms with Crippen LogP contribution in [-0.4, -0.2) is 45.4 Å². The van der Waals surface area contributed by atoms with Gasteiger partial charge in [0.05, 0.1) is 23.5 Å². The van der Waals surface area contributed by atoms with Gasteiger partial charge in [0, 0.05) is 42.2 Å². The lowest BCUT2D eigenvalue weighted by Gasteiger charge is -2.30. The Balaban J connectivity index is 1.48. The second-order valence-electron chi connectivity index (χ2n) is 10.8. The monoisotopic (exact) mass is 550 g/mol. The molecule has 8 nitrogen and oxygen atoms in total. The number of aryl methyl sites for hydroxylation is 1. The first-order valence-corrected chi connectivity index (χ1v) is 13.8. The van der Waals surface area contributed by atoms with Crippen LogP contribution in [0.2, 0.25) is 0 Å². The summed E-state index contributed by atoms with van der Waals surface area (Å²) in [5.41, 5.74) is 4.60. The SMILES string of the molecule is CCOC(=O)/C=C(/c1cccnc1)n1ccc2c(/C=C/c3ccc4c(n3)N(C(=O)OC(C)(C)C)CCC4)cccc21. The number of pyridine rings is 2. The summed E-state index contributed by atoms with van der Waals surface area (Å²) in [6.07, 6.45) is 12.2. The molecule has 3 aromatic heterocycles. The third-order valence-corrected chi connectivity index (χ3v) is 6.63.